The van der Waals surface area contributed by atoms with Gasteiger partial charge in [0, 0.05) is 30.9 Å². The smallest absolute Gasteiger partial charge is 0.218 e. The second kappa shape index (κ2) is 6.14. The van der Waals surface area contributed by atoms with Crippen molar-refractivity contribution in [2.24, 2.45) is 0 Å². The number of hydrogen-bond acceptors (Lipinski definition) is 4. The van der Waals surface area contributed by atoms with Gasteiger partial charge in [0.1, 0.15) is 6.33 Å². The third-order valence-electron chi connectivity index (χ3n) is 4.04. The molecule has 0 fully saturated rings. The van der Waals surface area contributed by atoms with E-state index in [0.29, 0.717) is 25.9 Å². The van der Waals surface area contributed by atoms with E-state index in [9.17, 15) is 8.42 Å². The van der Waals surface area contributed by atoms with E-state index in [1.165, 1.54) is 0 Å². The van der Waals surface area contributed by atoms with Gasteiger partial charge in [0.2, 0.25) is 10.0 Å². The average Bonchev–Trinajstić information content (AvgIpc) is 2.72. The molecule has 116 valence electrons. The summed E-state index contributed by atoms with van der Waals surface area (Å²) in [5.74, 6) is 0.0504. The molecule has 2 heterocycles. The number of sulfonamides is 1. The number of fused-ring (bicyclic) bond motifs is 1. The minimum atomic E-state index is -3.31. The van der Waals surface area contributed by atoms with Crippen molar-refractivity contribution in [2.45, 2.75) is 25.5 Å². The summed E-state index contributed by atoms with van der Waals surface area (Å²) in [5.41, 5.74) is 3.84. The molecule has 0 bridgehead atoms. The van der Waals surface area contributed by atoms with Crippen molar-refractivity contribution in [3.63, 3.8) is 0 Å². The van der Waals surface area contributed by atoms with Crippen molar-refractivity contribution in [3.05, 3.63) is 59.2 Å². The third-order valence-corrected chi connectivity index (χ3v) is 5.89. The van der Waals surface area contributed by atoms with Crippen molar-refractivity contribution in [2.75, 3.05) is 13.1 Å². The summed E-state index contributed by atoms with van der Waals surface area (Å²) in [6.45, 7) is 2.93. The topological polar surface area (TPSA) is 63.2 Å². The van der Waals surface area contributed by atoms with E-state index < -0.39 is 10.0 Å². The lowest BCUT2D eigenvalue weighted by atomic mass is 10.1. The molecule has 0 radical (unpaired) electrons. The lowest BCUT2D eigenvalue weighted by Crippen LogP contribution is -2.34. The predicted molar refractivity (Wildman–Crippen MR) is 84.8 cm³/mol. The molecule has 0 amide bonds. The molecule has 1 aliphatic heterocycles. The quantitative estimate of drug-likeness (QED) is 0.864. The summed E-state index contributed by atoms with van der Waals surface area (Å²) in [6, 6.07) is 9.31. The second-order valence-electron chi connectivity index (χ2n) is 5.53. The number of aromatic nitrogens is 2. The first-order valence-electron chi connectivity index (χ1n) is 7.37. The fourth-order valence-electron chi connectivity index (χ4n) is 2.82. The first kappa shape index (κ1) is 15.1. The van der Waals surface area contributed by atoms with Crippen LogP contribution in [0.25, 0.3) is 0 Å². The summed E-state index contributed by atoms with van der Waals surface area (Å²) >= 11 is 0. The highest BCUT2D eigenvalue weighted by Gasteiger charge is 2.26. The number of aryl methyl sites for hydroxylation is 1. The van der Waals surface area contributed by atoms with Gasteiger partial charge in [0.15, 0.2) is 0 Å². The summed E-state index contributed by atoms with van der Waals surface area (Å²) in [5, 5.41) is 0. The van der Waals surface area contributed by atoms with E-state index in [1.54, 1.807) is 10.6 Å². The fraction of sp³-hybridized carbons (Fsp3) is 0.375. The summed E-state index contributed by atoms with van der Waals surface area (Å²) in [7, 11) is -3.31. The van der Waals surface area contributed by atoms with Gasteiger partial charge in [-0.1, -0.05) is 30.3 Å². The predicted octanol–water partition coefficient (Wildman–Crippen LogP) is 1.72. The van der Waals surface area contributed by atoms with E-state index in [-0.39, 0.29) is 5.75 Å². The molecule has 6 heteroatoms. The van der Waals surface area contributed by atoms with Gasteiger partial charge >= 0.3 is 0 Å². The Bertz CT molecular complexity index is 760. The Morgan fingerprint density at radius 3 is 2.59 bits per heavy atom. The Morgan fingerprint density at radius 1 is 1.09 bits per heavy atom. The van der Waals surface area contributed by atoms with Crippen molar-refractivity contribution in [1.82, 2.24) is 14.3 Å². The number of rotatable bonds is 3. The highest BCUT2D eigenvalue weighted by Crippen LogP contribution is 2.19. The normalized spacial score (nSPS) is 16.0. The maximum atomic E-state index is 12.6. The van der Waals surface area contributed by atoms with Crippen molar-refractivity contribution in [3.8, 4) is 0 Å². The number of hydrogen-bond donors (Lipinski definition) is 0. The standard InChI is InChI=1S/C16H19N3O2S/c1-13-15-7-9-19(10-8-16(15)18-12-17-13)22(20,21)11-14-5-3-2-4-6-14/h2-6,12H,7-11H2,1H3. The Morgan fingerprint density at radius 2 is 1.82 bits per heavy atom. The van der Waals surface area contributed by atoms with Crippen LogP contribution in [0.2, 0.25) is 0 Å². The molecule has 3 rings (SSSR count). The molecule has 0 N–H and O–H groups in total. The number of nitrogens with zero attached hydrogens (tertiary/aromatic N) is 3. The summed E-state index contributed by atoms with van der Waals surface area (Å²) < 4.78 is 26.9. The maximum absolute atomic E-state index is 12.6. The SMILES string of the molecule is Cc1ncnc2c1CCN(S(=O)(=O)Cc1ccccc1)CC2. The molecule has 0 saturated carbocycles. The third kappa shape index (κ3) is 3.18. The molecule has 0 aliphatic carbocycles. The molecule has 0 spiro atoms. The Hall–Kier alpha value is -1.79. The van der Waals surface area contributed by atoms with E-state index >= 15 is 0 Å². The van der Waals surface area contributed by atoms with Gasteiger partial charge < -0.3 is 0 Å². The van der Waals surface area contributed by atoms with E-state index in [2.05, 4.69) is 9.97 Å². The van der Waals surface area contributed by atoms with Crippen LogP contribution < -0.4 is 0 Å². The van der Waals surface area contributed by atoms with E-state index in [0.717, 1.165) is 22.5 Å². The minimum absolute atomic E-state index is 0.0504. The first-order chi connectivity index (χ1) is 10.6. The first-order valence-corrected chi connectivity index (χ1v) is 8.98. The van der Waals surface area contributed by atoms with Crippen molar-refractivity contribution >= 4 is 10.0 Å². The van der Waals surface area contributed by atoms with Crippen LogP contribution in [0.15, 0.2) is 36.7 Å². The van der Waals surface area contributed by atoms with E-state index in [4.69, 9.17) is 0 Å². The van der Waals surface area contributed by atoms with Crippen molar-refractivity contribution < 1.29 is 8.42 Å². The van der Waals surface area contributed by atoms with E-state index in [1.807, 2.05) is 37.3 Å². The minimum Gasteiger partial charge on any atom is -0.241 e. The van der Waals surface area contributed by atoms with Crippen LogP contribution in [-0.2, 0) is 28.6 Å². The zero-order valence-corrected chi connectivity index (χ0v) is 13.4. The van der Waals surface area contributed by atoms with Crippen LogP contribution >= 0.6 is 0 Å². The molecular formula is C16H19N3O2S. The Labute approximate surface area is 131 Å². The van der Waals surface area contributed by atoms with Gasteiger partial charge in [0.05, 0.1) is 5.75 Å². The molecule has 1 aliphatic rings. The molecule has 1 aromatic heterocycles. The zero-order valence-electron chi connectivity index (χ0n) is 12.6. The van der Waals surface area contributed by atoms with Gasteiger partial charge in [0.25, 0.3) is 0 Å². The largest absolute Gasteiger partial charge is 0.241 e. The molecule has 5 nitrogen and oxygen atoms in total. The molecule has 1 aromatic carbocycles. The lowest BCUT2D eigenvalue weighted by molar-refractivity contribution is 0.425. The van der Waals surface area contributed by atoms with Gasteiger partial charge in [-0.3, -0.25) is 0 Å². The fourth-order valence-corrected chi connectivity index (χ4v) is 4.36. The molecule has 0 unspecified atom stereocenters. The van der Waals surface area contributed by atoms with Crippen LogP contribution in [0.5, 0.6) is 0 Å². The summed E-state index contributed by atoms with van der Waals surface area (Å²) in [6.07, 6.45) is 2.88. The number of benzene rings is 1. The molecule has 0 saturated heterocycles. The van der Waals surface area contributed by atoms with Crippen molar-refractivity contribution in [1.29, 1.82) is 0 Å². The molecule has 2 aromatic rings. The van der Waals surface area contributed by atoms with Crippen LogP contribution in [0.3, 0.4) is 0 Å². The second-order valence-corrected chi connectivity index (χ2v) is 7.49. The molecule has 22 heavy (non-hydrogen) atoms. The van der Waals surface area contributed by atoms with Crippen LogP contribution in [0.4, 0.5) is 0 Å². The molecule has 0 atom stereocenters. The Balaban J connectivity index is 1.78. The van der Waals surface area contributed by atoms with Gasteiger partial charge in [-0.2, -0.15) is 0 Å². The van der Waals surface area contributed by atoms with Gasteiger partial charge in [-0.15, -0.1) is 0 Å². The summed E-state index contributed by atoms with van der Waals surface area (Å²) in [4.78, 5) is 8.52. The Kier molecular flexibility index (Phi) is 4.22. The van der Waals surface area contributed by atoms with Gasteiger partial charge in [-0.05, 0) is 24.5 Å². The lowest BCUT2D eigenvalue weighted by Gasteiger charge is -2.19. The zero-order chi connectivity index (χ0) is 15.6. The average molecular weight is 317 g/mol. The molecular weight excluding hydrogens is 298 g/mol. The maximum Gasteiger partial charge on any atom is 0.218 e. The highest BCUT2D eigenvalue weighted by molar-refractivity contribution is 7.88. The van der Waals surface area contributed by atoms with Gasteiger partial charge in [-0.25, -0.2) is 22.7 Å². The van der Waals surface area contributed by atoms with Crippen LogP contribution in [0, 0.1) is 6.92 Å². The monoisotopic (exact) mass is 317 g/mol. The van der Waals surface area contributed by atoms with Crippen LogP contribution in [0.1, 0.15) is 22.5 Å². The van der Waals surface area contributed by atoms with Crippen LogP contribution in [-0.4, -0.2) is 35.8 Å². The highest BCUT2D eigenvalue weighted by atomic mass is 32.2.